The topological polar surface area (TPSA) is 120 Å². The van der Waals surface area contributed by atoms with Crippen LogP contribution in [0.4, 0.5) is 0 Å². The van der Waals surface area contributed by atoms with Gasteiger partial charge in [-0.25, -0.2) is 9.59 Å². The summed E-state index contributed by atoms with van der Waals surface area (Å²) in [5.41, 5.74) is 2.01. The zero-order valence-electron chi connectivity index (χ0n) is 20.1. The average Bonchev–Trinajstić information content (AvgIpc) is 2.92. The number of carboxylic acids is 2. The maximum Gasteiger partial charge on any atom is 0.335 e. The van der Waals surface area contributed by atoms with Crippen LogP contribution in [0.2, 0.25) is 0 Å². The molecule has 36 heavy (non-hydrogen) atoms. The standard InChI is InChI=1S/C20H24N2O2.C8H6O4/c1-3-13-12-22-9-7-14(13)10-19(22)20(23)16-6-8-21-18-5-4-15(24-2)11-17(16)18;9-7(10)5-1-2-6(4-3-5)8(11)12/h3-6,8,11,13-14,19-20,23H,1,7,9-10,12H2,2H3;1-4H,(H,9,10)(H,11,12)/t13-,14?,19-,20-;/m1./s1. The summed E-state index contributed by atoms with van der Waals surface area (Å²) in [6, 6.07) is 13.0. The number of nitrogens with zero attached hydrogens (tertiary/aromatic N) is 2. The largest absolute Gasteiger partial charge is 0.497 e. The molecular formula is C28H30N2O6. The minimum absolute atomic E-state index is 0.0833. The molecule has 1 aromatic heterocycles. The summed E-state index contributed by atoms with van der Waals surface area (Å²) in [5.74, 6) is -0.119. The van der Waals surface area contributed by atoms with Gasteiger partial charge >= 0.3 is 11.9 Å². The smallest absolute Gasteiger partial charge is 0.335 e. The number of hydrogen-bond donors (Lipinski definition) is 3. The molecule has 6 rings (SSSR count). The molecule has 5 atom stereocenters. The van der Waals surface area contributed by atoms with Gasteiger partial charge in [-0.1, -0.05) is 6.08 Å². The highest BCUT2D eigenvalue weighted by atomic mass is 16.5. The van der Waals surface area contributed by atoms with Crippen LogP contribution in [0.1, 0.15) is 45.2 Å². The van der Waals surface area contributed by atoms with E-state index in [2.05, 4.69) is 22.5 Å². The second kappa shape index (κ2) is 10.9. The molecule has 3 aromatic rings. The molecule has 4 heterocycles. The number of rotatable bonds is 6. The highest BCUT2D eigenvalue weighted by Crippen LogP contribution is 2.42. The van der Waals surface area contributed by atoms with Crippen molar-refractivity contribution in [3.05, 3.63) is 84.1 Å². The SMILES string of the molecule is C=C[C@@H]1CN2CCC1C[C@@H]2[C@H](O)c1ccnc2ccc(OC)cc12.O=C(O)c1ccc(C(=O)O)cc1. The molecule has 2 bridgehead atoms. The van der Waals surface area contributed by atoms with E-state index in [1.165, 1.54) is 30.7 Å². The van der Waals surface area contributed by atoms with E-state index in [0.29, 0.717) is 11.8 Å². The summed E-state index contributed by atoms with van der Waals surface area (Å²) in [6.07, 6.45) is 5.62. The van der Waals surface area contributed by atoms with Crippen LogP contribution in [0.5, 0.6) is 5.75 Å². The number of carbonyl (C=O) groups is 2. The Bertz CT molecular complexity index is 1230. The van der Waals surface area contributed by atoms with E-state index in [1.807, 2.05) is 24.3 Å². The molecule has 8 heteroatoms. The summed E-state index contributed by atoms with van der Waals surface area (Å²) < 4.78 is 5.35. The van der Waals surface area contributed by atoms with Gasteiger partial charge in [0.15, 0.2) is 0 Å². The van der Waals surface area contributed by atoms with E-state index in [1.54, 1.807) is 13.3 Å². The Morgan fingerprint density at radius 2 is 1.78 bits per heavy atom. The van der Waals surface area contributed by atoms with Crippen LogP contribution in [0.3, 0.4) is 0 Å². The number of pyridine rings is 1. The van der Waals surface area contributed by atoms with E-state index in [4.69, 9.17) is 14.9 Å². The first-order valence-electron chi connectivity index (χ1n) is 11.9. The Morgan fingerprint density at radius 3 is 2.31 bits per heavy atom. The van der Waals surface area contributed by atoms with Gasteiger partial charge in [-0.3, -0.25) is 9.88 Å². The molecule has 0 aliphatic carbocycles. The lowest BCUT2D eigenvalue weighted by Crippen LogP contribution is -2.54. The van der Waals surface area contributed by atoms with Crippen molar-refractivity contribution in [1.29, 1.82) is 0 Å². The number of hydrogen-bond acceptors (Lipinski definition) is 6. The van der Waals surface area contributed by atoms with Crippen molar-refractivity contribution in [2.24, 2.45) is 11.8 Å². The average molecular weight is 491 g/mol. The Balaban J connectivity index is 0.000000214. The van der Waals surface area contributed by atoms with Crippen LogP contribution in [0.15, 0.2) is 67.4 Å². The van der Waals surface area contributed by atoms with Crippen LogP contribution < -0.4 is 4.74 Å². The minimum Gasteiger partial charge on any atom is -0.497 e. The fourth-order valence-corrected chi connectivity index (χ4v) is 5.20. The molecule has 2 unspecified atom stereocenters. The van der Waals surface area contributed by atoms with E-state index >= 15 is 0 Å². The predicted molar refractivity (Wildman–Crippen MR) is 135 cm³/mol. The van der Waals surface area contributed by atoms with Crippen LogP contribution in [0.25, 0.3) is 10.9 Å². The normalized spacial score (nSPS) is 23.3. The first kappa shape index (κ1) is 25.3. The zero-order chi connectivity index (χ0) is 25.8. The lowest BCUT2D eigenvalue weighted by Gasteiger charge is -2.50. The quantitative estimate of drug-likeness (QED) is 0.439. The number of ether oxygens (including phenoxy) is 1. The number of aliphatic hydroxyl groups is 1. The Hall–Kier alpha value is -3.75. The maximum absolute atomic E-state index is 11.2. The monoisotopic (exact) mass is 490 g/mol. The summed E-state index contributed by atoms with van der Waals surface area (Å²) >= 11 is 0. The Kier molecular flexibility index (Phi) is 7.67. The van der Waals surface area contributed by atoms with E-state index in [-0.39, 0.29) is 17.2 Å². The van der Waals surface area contributed by atoms with Crippen molar-refractivity contribution >= 4 is 22.8 Å². The van der Waals surface area contributed by atoms with Gasteiger partial charge in [-0.05, 0) is 85.3 Å². The number of aliphatic hydroxyl groups excluding tert-OH is 1. The third kappa shape index (κ3) is 5.24. The molecule has 2 aromatic carbocycles. The number of benzene rings is 2. The summed E-state index contributed by atoms with van der Waals surface area (Å²) in [6.45, 7) is 6.07. The molecule has 3 aliphatic rings. The second-order valence-corrected chi connectivity index (χ2v) is 9.16. The summed E-state index contributed by atoms with van der Waals surface area (Å²) in [7, 11) is 1.66. The van der Waals surface area contributed by atoms with E-state index < -0.39 is 18.0 Å². The number of fused-ring (bicyclic) bond motifs is 4. The van der Waals surface area contributed by atoms with Crippen LogP contribution in [-0.2, 0) is 0 Å². The highest BCUT2D eigenvalue weighted by molar-refractivity contribution is 5.91. The molecule has 8 nitrogen and oxygen atoms in total. The third-order valence-corrected chi connectivity index (χ3v) is 7.20. The lowest BCUT2D eigenvalue weighted by atomic mass is 9.73. The molecule has 0 radical (unpaired) electrons. The Morgan fingerprint density at radius 1 is 1.11 bits per heavy atom. The maximum atomic E-state index is 11.2. The van der Waals surface area contributed by atoms with E-state index in [9.17, 15) is 14.7 Å². The molecule has 3 aliphatic heterocycles. The van der Waals surface area contributed by atoms with Gasteiger partial charge in [-0.2, -0.15) is 0 Å². The fraction of sp³-hybridized carbons (Fsp3) is 0.321. The fourth-order valence-electron chi connectivity index (χ4n) is 5.20. The van der Waals surface area contributed by atoms with Crippen molar-refractivity contribution in [2.75, 3.05) is 20.2 Å². The molecule has 3 N–H and O–H groups in total. The van der Waals surface area contributed by atoms with Gasteiger partial charge in [0.05, 0.1) is 29.9 Å². The van der Waals surface area contributed by atoms with Gasteiger partial charge in [0.25, 0.3) is 0 Å². The number of aromatic carboxylic acids is 2. The van der Waals surface area contributed by atoms with Crippen LogP contribution >= 0.6 is 0 Å². The first-order valence-corrected chi connectivity index (χ1v) is 11.9. The van der Waals surface area contributed by atoms with Gasteiger partial charge in [-0.15, -0.1) is 6.58 Å². The molecule has 3 saturated heterocycles. The number of aromatic nitrogens is 1. The molecule has 0 saturated carbocycles. The molecular weight excluding hydrogens is 460 g/mol. The molecule has 0 amide bonds. The molecule has 3 fully saturated rings. The minimum atomic E-state index is -1.06. The van der Waals surface area contributed by atoms with Gasteiger partial charge in [0.1, 0.15) is 5.75 Å². The highest BCUT2D eigenvalue weighted by Gasteiger charge is 2.42. The first-order chi connectivity index (χ1) is 17.3. The zero-order valence-corrected chi connectivity index (χ0v) is 20.1. The van der Waals surface area contributed by atoms with Crippen molar-refractivity contribution in [3.63, 3.8) is 0 Å². The van der Waals surface area contributed by atoms with Gasteiger partial charge < -0.3 is 20.1 Å². The van der Waals surface area contributed by atoms with Crippen LogP contribution in [-0.4, -0.2) is 63.4 Å². The van der Waals surface area contributed by atoms with Crippen molar-refractivity contribution in [2.45, 2.75) is 25.0 Å². The molecule has 188 valence electrons. The summed E-state index contributed by atoms with van der Waals surface area (Å²) in [5, 5.41) is 29.1. The lowest BCUT2D eigenvalue weighted by molar-refractivity contribution is -0.0444. The van der Waals surface area contributed by atoms with Gasteiger partial charge in [0, 0.05) is 24.2 Å². The van der Waals surface area contributed by atoms with E-state index in [0.717, 1.165) is 41.7 Å². The van der Waals surface area contributed by atoms with Crippen LogP contribution in [0, 0.1) is 11.8 Å². The predicted octanol–water partition coefficient (Wildman–Crippen LogP) is 4.26. The number of carboxylic acid groups (broad SMARTS) is 2. The third-order valence-electron chi connectivity index (χ3n) is 7.20. The Labute approximate surface area is 209 Å². The number of piperidine rings is 3. The van der Waals surface area contributed by atoms with Gasteiger partial charge in [0.2, 0.25) is 0 Å². The van der Waals surface area contributed by atoms with Crippen molar-refractivity contribution < 1.29 is 29.6 Å². The number of methoxy groups -OCH3 is 1. The summed E-state index contributed by atoms with van der Waals surface area (Å²) in [4.78, 5) is 27.5. The van der Waals surface area contributed by atoms with Crippen molar-refractivity contribution in [1.82, 2.24) is 9.88 Å². The molecule has 0 spiro atoms. The second-order valence-electron chi connectivity index (χ2n) is 9.16. The van der Waals surface area contributed by atoms with Crippen molar-refractivity contribution in [3.8, 4) is 5.75 Å².